The molecule has 1 fully saturated rings. The number of aromatic nitrogens is 3. The first-order valence-electron chi connectivity index (χ1n) is 14.5. The molecule has 2 atom stereocenters. The van der Waals surface area contributed by atoms with Gasteiger partial charge in [0.2, 0.25) is 5.91 Å². The maximum atomic E-state index is 15.0. The largest absolute Gasteiger partial charge is 0.456 e. The number of carbonyl (C=O) groups excluding carboxylic acids is 1. The highest BCUT2D eigenvalue weighted by atomic mass is 32.2. The molecule has 4 aromatic rings. The van der Waals surface area contributed by atoms with Gasteiger partial charge in [-0.15, -0.1) is 0 Å². The van der Waals surface area contributed by atoms with E-state index in [0.717, 1.165) is 11.1 Å². The van der Waals surface area contributed by atoms with Gasteiger partial charge in [-0.2, -0.15) is 5.10 Å². The van der Waals surface area contributed by atoms with E-state index in [4.69, 9.17) is 4.74 Å². The van der Waals surface area contributed by atoms with E-state index in [0.29, 0.717) is 41.2 Å². The Morgan fingerprint density at radius 2 is 1.93 bits per heavy atom. The number of hydrogen-bond donors (Lipinski definition) is 1. The topological polar surface area (TPSA) is 106 Å². The van der Waals surface area contributed by atoms with Gasteiger partial charge in [0.1, 0.15) is 17.7 Å². The van der Waals surface area contributed by atoms with Crippen LogP contribution in [0, 0.1) is 6.92 Å². The molecule has 9 nitrogen and oxygen atoms in total. The number of likely N-dealkylation sites (tertiary alicyclic amines) is 1. The zero-order valence-electron chi connectivity index (χ0n) is 25.2. The molecule has 0 saturated carbocycles. The molecule has 228 valence electrons. The monoisotopic (exact) mass is 607 g/mol. The molecule has 2 aromatic carbocycles. The van der Waals surface area contributed by atoms with E-state index in [1.54, 1.807) is 41.5 Å². The van der Waals surface area contributed by atoms with Crippen molar-refractivity contribution in [1.82, 2.24) is 19.7 Å². The Bertz CT molecular complexity index is 1750. The second-order valence-electron chi connectivity index (χ2n) is 12.0. The van der Waals surface area contributed by atoms with Crippen molar-refractivity contribution >= 4 is 32.3 Å². The normalized spacial score (nSPS) is 18.1. The number of carbonyl (C=O) groups is 1. The third-order valence-electron chi connectivity index (χ3n) is 7.79. The van der Waals surface area contributed by atoms with Crippen LogP contribution in [0.1, 0.15) is 45.2 Å². The Kier molecular flexibility index (Phi) is 8.58. The van der Waals surface area contributed by atoms with Crippen molar-refractivity contribution in [3.63, 3.8) is 0 Å². The van der Waals surface area contributed by atoms with Crippen LogP contribution < -0.4 is 10.1 Å². The van der Waals surface area contributed by atoms with Gasteiger partial charge < -0.3 is 15.0 Å². The zero-order valence-corrected chi connectivity index (χ0v) is 26.0. The first kappa shape index (κ1) is 30.6. The maximum Gasteiger partial charge on any atom is 0.228 e. The number of anilines is 1. The molecule has 2 unspecified atom stereocenters. The van der Waals surface area contributed by atoms with E-state index in [1.165, 1.54) is 12.1 Å². The smallest absolute Gasteiger partial charge is 0.228 e. The van der Waals surface area contributed by atoms with Crippen LogP contribution >= 0.6 is 0 Å². The SMILES string of the molecule is CCN1CCC(S(=O)(=O)c2ccc3nccc(Oc4ccc(CC(=O)Nc5cnn(C(C)(C)C)c5)cc4C)c3c2)C(F)C1. The number of amides is 1. The molecule has 11 heteroatoms. The number of alkyl halides is 1. The van der Waals surface area contributed by atoms with Gasteiger partial charge in [-0.05, 0) is 88.7 Å². The molecule has 1 saturated heterocycles. The molecular formula is C32H38FN5O4S. The summed E-state index contributed by atoms with van der Waals surface area (Å²) in [6, 6.07) is 11.8. The molecule has 1 aliphatic rings. The van der Waals surface area contributed by atoms with Crippen molar-refractivity contribution in [2.45, 2.75) is 69.3 Å². The van der Waals surface area contributed by atoms with E-state index in [2.05, 4.69) is 15.4 Å². The summed E-state index contributed by atoms with van der Waals surface area (Å²) in [5, 5.41) is 6.64. The number of nitrogens with one attached hydrogen (secondary N) is 1. The summed E-state index contributed by atoms with van der Waals surface area (Å²) in [7, 11) is -3.91. The number of ether oxygens (including phenoxy) is 1. The van der Waals surface area contributed by atoms with Crippen LogP contribution in [-0.2, 0) is 26.6 Å². The summed E-state index contributed by atoms with van der Waals surface area (Å²) >= 11 is 0. The molecular weight excluding hydrogens is 569 g/mol. The summed E-state index contributed by atoms with van der Waals surface area (Å²) in [6.45, 7) is 11.3. The number of halogens is 1. The lowest BCUT2D eigenvalue weighted by Gasteiger charge is -2.33. The van der Waals surface area contributed by atoms with Gasteiger partial charge in [0, 0.05) is 24.3 Å². The lowest BCUT2D eigenvalue weighted by Crippen LogP contribution is -2.47. The highest BCUT2D eigenvalue weighted by molar-refractivity contribution is 7.92. The predicted molar refractivity (Wildman–Crippen MR) is 165 cm³/mol. The van der Waals surface area contributed by atoms with E-state index >= 15 is 0 Å². The predicted octanol–water partition coefficient (Wildman–Crippen LogP) is 5.67. The Hall–Kier alpha value is -3.83. The first-order chi connectivity index (χ1) is 20.3. The van der Waals surface area contributed by atoms with Crippen molar-refractivity contribution in [3.05, 3.63) is 72.2 Å². The minimum Gasteiger partial charge on any atom is -0.456 e. The van der Waals surface area contributed by atoms with Crippen molar-refractivity contribution in [2.75, 3.05) is 25.0 Å². The third-order valence-corrected chi connectivity index (χ3v) is 10.0. The van der Waals surface area contributed by atoms with Crippen LogP contribution in [0.15, 0.2) is 66.0 Å². The number of sulfone groups is 1. The lowest BCUT2D eigenvalue weighted by atomic mass is 10.1. The highest BCUT2D eigenvalue weighted by Gasteiger charge is 2.39. The standard InChI is InChI=1S/C32H38FN5O4S/c1-6-37-14-12-30(26(33)20-37)43(40,41)24-8-9-27-25(17-24)29(11-13-34-27)42-28-10-7-22(15-21(28)2)16-31(39)36-23-18-35-38(19-23)32(3,4)5/h7-11,13,15,17-19,26,30H,6,12,14,16,20H2,1-5H3,(H,36,39). The molecule has 2 aromatic heterocycles. The van der Waals surface area contributed by atoms with Gasteiger partial charge in [0.15, 0.2) is 9.84 Å². The summed E-state index contributed by atoms with van der Waals surface area (Å²) in [6.07, 6.45) is 4.00. The van der Waals surface area contributed by atoms with Crippen LogP contribution in [-0.4, -0.2) is 65.0 Å². The number of aryl methyl sites for hydroxylation is 1. The van der Waals surface area contributed by atoms with Crippen LogP contribution in [0.25, 0.3) is 10.9 Å². The van der Waals surface area contributed by atoms with Gasteiger partial charge in [-0.25, -0.2) is 12.8 Å². The number of nitrogens with zero attached hydrogens (tertiary/aromatic N) is 4. The Morgan fingerprint density at radius 3 is 2.60 bits per heavy atom. The van der Waals surface area contributed by atoms with Crippen LogP contribution in [0.4, 0.5) is 10.1 Å². The van der Waals surface area contributed by atoms with Crippen molar-refractivity contribution in [3.8, 4) is 11.5 Å². The fourth-order valence-electron chi connectivity index (χ4n) is 5.32. The highest BCUT2D eigenvalue weighted by Crippen LogP contribution is 2.34. The molecule has 1 N–H and O–H groups in total. The maximum absolute atomic E-state index is 15.0. The van der Waals surface area contributed by atoms with Crippen molar-refractivity contribution in [2.24, 2.45) is 0 Å². The van der Waals surface area contributed by atoms with Crippen molar-refractivity contribution < 1.29 is 22.3 Å². The first-order valence-corrected chi connectivity index (χ1v) is 16.0. The van der Waals surface area contributed by atoms with E-state index in [-0.39, 0.29) is 35.7 Å². The Labute approximate surface area is 252 Å². The Morgan fingerprint density at radius 1 is 1.14 bits per heavy atom. The number of hydrogen-bond acceptors (Lipinski definition) is 7. The van der Waals surface area contributed by atoms with Gasteiger partial charge >= 0.3 is 0 Å². The number of piperidine rings is 1. The van der Waals surface area contributed by atoms with Crippen molar-refractivity contribution in [1.29, 1.82) is 0 Å². The summed E-state index contributed by atoms with van der Waals surface area (Å²) < 4.78 is 50.0. The zero-order chi connectivity index (χ0) is 30.9. The molecule has 1 amide bonds. The molecule has 0 bridgehead atoms. The minimum absolute atomic E-state index is 0.0570. The van der Waals surface area contributed by atoms with E-state index in [9.17, 15) is 17.6 Å². The van der Waals surface area contributed by atoms with Gasteiger partial charge in [-0.1, -0.05) is 19.1 Å². The number of rotatable bonds is 8. The van der Waals surface area contributed by atoms with E-state index < -0.39 is 21.3 Å². The summed E-state index contributed by atoms with van der Waals surface area (Å²) in [4.78, 5) is 19.0. The summed E-state index contributed by atoms with van der Waals surface area (Å²) in [5.41, 5.74) is 2.64. The average Bonchev–Trinajstić information content (AvgIpc) is 3.43. The Balaban J connectivity index is 1.32. The fraction of sp³-hybridized carbons (Fsp3) is 0.406. The molecule has 0 radical (unpaired) electrons. The second kappa shape index (κ2) is 12.0. The average molecular weight is 608 g/mol. The van der Waals surface area contributed by atoms with Crippen LogP contribution in [0.2, 0.25) is 0 Å². The summed E-state index contributed by atoms with van der Waals surface area (Å²) in [5.74, 6) is 0.836. The number of pyridine rings is 1. The minimum atomic E-state index is -3.91. The third kappa shape index (κ3) is 6.73. The molecule has 1 aliphatic heterocycles. The second-order valence-corrected chi connectivity index (χ2v) is 14.2. The fourth-order valence-corrected chi connectivity index (χ4v) is 7.10. The molecule has 0 aliphatic carbocycles. The van der Waals surface area contributed by atoms with Crippen LogP contribution in [0.5, 0.6) is 11.5 Å². The molecule has 43 heavy (non-hydrogen) atoms. The van der Waals surface area contributed by atoms with Gasteiger partial charge in [0.05, 0.1) is 39.5 Å². The lowest BCUT2D eigenvalue weighted by molar-refractivity contribution is -0.115. The van der Waals surface area contributed by atoms with Gasteiger partial charge in [0.25, 0.3) is 0 Å². The van der Waals surface area contributed by atoms with Crippen LogP contribution in [0.3, 0.4) is 0 Å². The van der Waals surface area contributed by atoms with Gasteiger partial charge in [-0.3, -0.25) is 14.5 Å². The van der Waals surface area contributed by atoms with E-state index in [1.807, 2.05) is 51.7 Å². The molecule has 5 rings (SSSR count). The quantitative estimate of drug-likeness (QED) is 0.275. The number of fused-ring (bicyclic) bond motifs is 1. The molecule has 0 spiro atoms. The number of benzene rings is 2. The molecule has 3 heterocycles.